The Kier molecular flexibility index (Phi) is 6.82. The SMILES string of the molecule is CCCN1C(=O)C(=Cc2ccc(OCc3ccc(Cl)cc3Cl)cc2)SC1=S. The molecular formula is C20H17Cl2NO2S2. The maximum Gasteiger partial charge on any atom is 0.266 e. The van der Waals surface area contributed by atoms with Crippen molar-refractivity contribution in [3.8, 4) is 5.75 Å². The van der Waals surface area contributed by atoms with Crippen LogP contribution in [0.15, 0.2) is 47.4 Å². The summed E-state index contributed by atoms with van der Waals surface area (Å²) >= 11 is 18.7. The predicted octanol–water partition coefficient (Wildman–Crippen LogP) is 6.18. The van der Waals surface area contributed by atoms with E-state index in [0.29, 0.717) is 32.4 Å². The van der Waals surface area contributed by atoms with E-state index in [1.54, 1.807) is 17.0 Å². The van der Waals surface area contributed by atoms with Crippen LogP contribution in [0.2, 0.25) is 10.0 Å². The van der Waals surface area contributed by atoms with Crippen LogP contribution in [0.3, 0.4) is 0 Å². The van der Waals surface area contributed by atoms with E-state index in [1.165, 1.54) is 11.8 Å². The third-order valence-corrected chi connectivity index (χ3v) is 5.87. The second kappa shape index (κ2) is 9.11. The average molecular weight is 438 g/mol. The highest BCUT2D eigenvalue weighted by Crippen LogP contribution is 2.33. The van der Waals surface area contributed by atoms with Crippen LogP contribution in [0.25, 0.3) is 6.08 Å². The van der Waals surface area contributed by atoms with E-state index in [1.807, 2.05) is 43.3 Å². The van der Waals surface area contributed by atoms with Crippen LogP contribution in [-0.4, -0.2) is 21.7 Å². The molecule has 0 unspecified atom stereocenters. The summed E-state index contributed by atoms with van der Waals surface area (Å²) in [6.07, 6.45) is 2.73. The molecule has 2 aromatic carbocycles. The number of rotatable bonds is 6. The Morgan fingerprint density at radius 3 is 2.59 bits per heavy atom. The largest absolute Gasteiger partial charge is 0.489 e. The van der Waals surface area contributed by atoms with Crippen LogP contribution in [0.5, 0.6) is 5.75 Å². The fourth-order valence-corrected chi connectivity index (χ4v) is 4.30. The van der Waals surface area contributed by atoms with Crippen LogP contribution in [0, 0.1) is 0 Å². The van der Waals surface area contributed by atoms with Gasteiger partial charge in [-0.15, -0.1) is 0 Å². The summed E-state index contributed by atoms with van der Waals surface area (Å²) in [6.45, 7) is 3.03. The maximum absolute atomic E-state index is 12.4. The third-order valence-electron chi connectivity index (χ3n) is 3.91. The number of carbonyl (C=O) groups excluding carboxylic acids is 1. The molecule has 1 heterocycles. The Morgan fingerprint density at radius 1 is 1.19 bits per heavy atom. The lowest BCUT2D eigenvalue weighted by molar-refractivity contribution is -0.122. The summed E-state index contributed by atoms with van der Waals surface area (Å²) in [5.74, 6) is 0.696. The molecule has 2 aromatic rings. The molecule has 0 bridgehead atoms. The molecule has 0 aromatic heterocycles. The Labute approximate surface area is 178 Å². The van der Waals surface area contributed by atoms with Gasteiger partial charge >= 0.3 is 0 Å². The molecule has 0 N–H and O–H groups in total. The summed E-state index contributed by atoms with van der Waals surface area (Å²) in [5.41, 5.74) is 1.79. The minimum atomic E-state index is -0.0236. The number of halogens is 2. The highest BCUT2D eigenvalue weighted by molar-refractivity contribution is 8.26. The maximum atomic E-state index is 12.4. The van der Waals surface area contributed by atoms with Gasteiger partial charge < -0.3 is 4.74 Å². The molecule has 0 aliphatic carbocycles. The van der Waals surface area contributed by atoms with Gasteiger partial charge in [0, 0.05) is 22.2 Å². The van der Waals surface area contributed by atoms with E-state index in [2.05, 4.69) is 0 Å². The van der Waals surface area contributed by atoms with Gasteiger partial charge in [0.25, 0.3) is 5.91 Å². The first-order valence-corrected chi connectivity index (χ1v) is 10.4. The molecule has 0 radical (unpaired) electrons. The van der Waals surface area contributed by atoms with E-state index in [0.717, 1.165) is 23.3 Å². The van der Waals surface area contributed by atoms with Gasteiger partial charge in [-0.3, -0.25) is 9.69 Å². The molecule has 1 aliphatic rings. The highest BCUT2D eigenvalue weighted by Gasteiger charge is 2.31. The lowest BCUT2D eigenvalue weighted by Crippen LogP contribution is -2.28. The zero-order chi connectivity index (χ0) is 19.4. The van der Waals surface area contributed by atoms with Crippen LogP contribution in [-0.2, 0) is 11.4 Å². The van der Waals surface area contributed by atoms with Gasteiger partial charge in [0.15, 0.2) is 0 Å². The second-order valence-corrected chi connectivity index (χ2v) is 8.45. The molecule has 7 heteroatoms. The molecule has 0 atom stereocenters. The average Bonchev–Trinajstić information content (AvgIpc) is 2.90. The number of nitrogens with zero attached hydrogens (tertiary/aromatic N) is 1. The van der Waals surface area contributed by atoms with Gasteiger partial charge in [-0.2, -0.15) is 0 Å². The van der Waals surface area contributed by atoms with E-state index in [-0.39, 0.29) is 5.91 Å². The topological polar surface area (TPSA) is 29.5 Å². The first-order chi connectivity index (χ1) is 13.0. The van der Waals surface area contributed by atoms with Crippen molar-refractivity contribution in [1.29, 1.82) is 0 Å². The van der Waals surface area contributed by atoms with Crippen LogP contribution in [0.4, 0.5) is 0 Å². The van der Waals surface area contributed by atoms with Crippen molar-refractivity contribution in [3.05, 3.63) is 68.5 Å². The van der Waals surface area contributed by atoms with Crippen molar-refractivity contribution >= 4 is 63.5 Å². The molecule has 27 heavy (non-hydrogen) atoms. The summed E-state index contributed by atoms with van der Waals surface area (Å²) < 4.78 is 6.39. The van der Waals surface area contributed by atoms with Crippen molar-refractivity contribution in [2.75, 3.05) is 6.54 Å². The summed E-state index contributed by atoms with van der Waals surface area (Å²) in [4.78, 5) is 14.7. The first kappa shape index (κ1) is 20.2. The third kappa shape index (κ3) is 5.05. The molecule has 3 rings (SSSR count). The van der Waals surface area contributed by atoms with Gasteiger partial charge in [0.05, 0.1) is 4.91 Å². The molecule has 1 amide bonds. The summed E-state index contributed by atoms with van der Waals surface area (Å²) in [6, 6.07) is 12.9. The molecule has 0 spiro atoms. The smallest absolute Gasteiger partial charge is 0.266 e. The van der Waals surface area contributed by atoms with Crippen molar-refractivity contribution in [2.45, 2.75) is 20.0 Å². The number of amides is 1. The van der Waals surface area contributed by atoms with Crippen LogP contribution < -0.4 is 4.74 Å². The molecular weight excluding hydrogens is 421 g/mol. The zero-order valence-electron chi connectivity index (χ0n) is 14.6. The first-order valence-electron chi connectivity index (χ1n) is 8.40. The summed E-state index contributed by atoms with van der Waals surface area (Å²) in [5, 5.41) is 1.17. The monoisotopic (exact) mass is 437 g/mol. The fraction of sp³-hybridized carbons (Fsp3) is 0.200. The highest BCUT2D eigenvalue weighted by atomic mass is 35.5. The predicted molar refractivity (Wildman–Crippen MR) is 117 cm³/mol. The molecule has 3 nitrogen and oxygen atoms in total. The standard InChI is InChI=1S/C20H17Cl2NO2S2/c1-2-9-23-19(24)18(27-20(23)26)10-13-3-7-16(8-4-13)25-12-14-5-6-15(21)11-17(14)22/h3-8,10-11H,2,9,12H2,1H3. The van der Waals surface area contributed by atoms with Crippen molar-refractivity contribution in [1.82, 2.24) is 4.90 Å². The molecule has 0 saturated carbocycles. The molecule has 1 fully saturated rings. The zero-order valence-corrected chi connectivity index (χ0v) is 17.7. The minimum Gasteiger partial charge on any atom is -0.489 e. The summed E-state index contributed by atoms with van der Waals surface area (Å²) in [7, 11) is 0. The second-order valence-electron chi connectivity index (χ2n) is 5.93. The number of thioether (sulfide) groups is 1. The lowest BCUT2D eigenvalue weighted by atomic mass is 10.2. The Bertz CT molecular complexity index is 897. The number of benzene rings is 2. The fourth-order valence-electron chi connectivity index (χ4n) is 2.53. The quantitative estimate of drug-likeness (QED) is 0.398. The number of carbonyl (C=O) groups is 1. The Morgan fingerprint density at radius 2 is 1.93 bits per heavy atom. The van der Waals surface area contributed by atoms with Gasteiger partial charge in [-0.25, -0.2) is 0 Å². The van der Waals surface area contributed by atoms with E-state index in [9.17, 15) is 4.79 Å². The van der Waals surface area contributed by atoms with E-state index >= 15 is 0 Å². The normalized spacial score (nSPS) is 15.7. The minimum absolute atomic E-state index is 0.0236. The van der Waals surface area contributed by atoms with E-state index < -0.39 is 0 Å². The molecule has 1 saturated heterocycles. The van der Waals surface area contributed by atoms with Crippen molar-refractivity contribution in [2.24, 2.45) is 0 Å². The van der Waals surface area contributed by atoms with Crippen LogP contribution in [0.1, 0.15) is 24.5 Å². The Balaban J connectivity index is 1.65. The van der Waals surface area contributed by atoms with E-state index in [4.69, 9.17) is 40.2 Å². The number of hydrogen-bond acceptors (Lipinski definition) is 4. The lowest BCUT2D eigenvalue weighted by Gasteiger charge is -2.11. The number of ether oxygens (including phenoxy) is 1. The number of hydrogen-bond donors (Lipinski definition) is 0. The molecule has 140 valence electrons. The van der Waals surface area contributed by atoms with Gasteiger partial charge in [0.1, 0.15) is 16.7 Å². The Hall–Kier alpha value is -1.53. The van der Waals surface area contributed by atoms with Gasteiger partial charge in [-0.1, -0.05) is 72.3 Å². The van der Waals surface area contributed by atoms with Gasteiger partial charge in [0.2, 0.25) is 0 Å². The van der Waals surface area contributed by atoms with Crippen molar-refractivity contribution in [3.63, 3.8) is 0 Å². The van der Waals surface area contributed by atoms with Crippen molar-refractivity contribution < 1.29 is 9.53 Å². The van der Waals surface area contributed by atoms with Gasteiger partial charge in [-0.05, 0) is 42.3 Å². The molecule has 1 aliphatic heterocycles. The van der Waals surface area contributed by atoms with Crippen LogP contribution >= 0.6 is 47.2 Å². The number of thiocarbonyl (C=S) groups is 1.